The lowest BCUT2D eigenvalue weighted by molar-refractivity contribution is -0.129. The van der Waals surface area contributed by atoms with Crippen molar-refractivity contribution in [3.8, 4) is 5.75 Å². The van der Waals surface area contributed by atoms with Crippen molar-refractivity contribution in [1.29, 1.82) is 0 Å². The van der Waals surface area contributed by atoms with Crippen LogP contribution < -0.4 is 4.74 Å². The molecule has 28 heavy (non-hydrogen) atoms. The number of allylic oxidation sites excluding steroid dienone is 1. The summed E-state index contributed by atoms with van der Waals surface area (Å²) in [5.41, 5.74) is 2.63. The molecule has 1 unspecified atom stereocenters. The van der Waals surface area contributed by atoms with Crippen LogP contribution in [-0.4, -0.2) is 28.2 Å². The molecule has 148 valence electrons. The second-order valence-electron chi connectivity index (χ2n) is 6.58. The number of rotatable bonds is 10. The fourth-order valence-electron chi connectivity index (χ4n) is 2.55. The van der Waals surface area contributed by atoms with Gasteiger partial charge in [-0.1, -0.05) is 43.0 Å². The molecule has 0 aliphatic rings. The molecule has 0 radical (unpaired) electrons. The molecule has 2 aromatic rings. The molecule has 4 nitrogen and oxygen atoms in total. The van der Waals surface area contributed by atoms with E-state index >= 15 is 0 Å². The van der Waals surface area contributed by atoms with Gasteiger partial charge in [0.2, 0.25) is 0 Å². The molecule has 0 bridgehead atoms. The summed E-state index contributed by atoms with van der Waals surface area (Å²) in [7, 11) is 0. The van der Waals surface area contributed by atoms with Crippen LogP contribution in [0.5, 0.6) is 5.75 Å². The van der Waals surface area contributed by atoms with Crippen LogP contribution in [0.4, 0.5) is 0 Å². The first-order valence-electron chi connectivity index (χ1n) is 9.05. The summed E-state index contributed by atoms with van der Waals surface area (Å²) < 4.78 is 7.01. The summed E-state index contributed by atoms with van der Waals surface area (Å²) in [6.07, 6.45) is 2.41. The summed E-state index contributed by atoms with van der Waals surface area (Å²) in [5.74, 6) is 0.347. The van der Waals surface area contributed by atoms with Crippen molar-refractivity contribution in [3.63, 3.8) is 0 Å². The molecular weight excluding hydrogens is 467 g/mol. The molecule has 0 fully saturated rings. The topological polar surface area (TPSA) is 66.8 Å². The zero-order valence-electron chi connectivity index (χ0n) is 15.8. The SMILES string of the molecule is C=C(/C=C/CCc1ccc(OCc2cccc(I)c2)cc1)C(O)[C@@H](O)C(C)=O. The number of halogens is 1. The first-order chi connectivity index (χ1) is 13.4. The third-order valence-corrected chi connectivity index (χ3v) is 4.92. The van der Waals surface area contributed by atoms with E-state index in [4.69, 9.17) is 4.74 Å². The molecular formula is C23H25IO4. The quantitative estimate of drug-likeness (QED) is 0.385. The third kappa shape index (κ3) is 7.22. The van der Waals surface area contributed by atoms with E-state index in [-0.39, 0.29) is 0 Å². The molecule has 2 rings (SSSR count). The summed E-state index contributed by atoms with van der Waals surface area (Å²) in [6, 6.07) is 16.2. The minimum absolute atomic E-state index is 0.321. The maximum atomic E-state index is 11.1. The Balaban J connectivity index is 1.78. The highest BCUT2D eigenvalue weighted by Gasteiger charge is 2.21. The number of benzene rings is 2. The number of hydrogen-bond donors (Lipinski definition) is 2. The molecule has 0 aliphatic heterocycles. The summed E-state index contributed by atoms with van der Waals surface area (Å²) in [6.45, 7) is 5.47. The van der Waals surface area contributed by atoms with Crippen LogP contribution in [0.3, 0.4) is 0 Å². The Morgan fingerprint density at radius 2 is 1.86 bits per heavy atom. The Morgan fingerprint density at radius 3 is 2.50 bits per heavy atom. The number of ether oxygens (including phenoxy) is 1. The van der Waals surface area contributed by atoms with E-state index in [9.17, 15) is 15.0 Å². The van der Waals surface area contributed by atoms with Crippen LogP contribution in [0.2, 0.25) is 0 Å². The highest BCUT2D eigenvalue weighted by atomic mass is 127. The molecule has 0 aromatic heterocycles. The van der Waals surface area contributed by atoms with E-state index in [1.165, 1.54) is 16.1 Å². The molecule has 2 aromatic carbocycles. The second kappa shape index (κ2) is 11.1. The predicted molar refractivity (Wildman–Crippen MR) is 119 cm³/mol. The average Bonchev–Trinajstić information content (AvgIpc) is 2.69. The van der Waals surface area contributed by atoms with Crippen molar-refractivity contribution >= 4 is 28.4 Å². The lowest BCUT2D eigenvalue weighted by atomic mass is 10.0. The first kappa shape index (κ1) is 22.3. The standard InChI is InChI=1S/C23H25IO4/c1-16(22(26)23(27)17(2)25)6-3-4-7-18-10-12-21(13-11-18)28-15-19-8-5-9-20(24)14-19/h3,5-6,8-14,22-23,26-27H,1,4,7,15H2,2H3/b6-3+/t22?,23-/m0/s1. The number of aliphatic hydroxyl groups is 2. The average molecular weight is 492 g/mol. The lowest BCUT2D eigenvalue weighted by Crippen LogP contribution is -2.33. The Kier molecular flexibility index (Phi) is 8.89. The zero-order valence-corrected chi connectivity index (χ0v) is 18.0. The summed E-state index contributed by atoms with van der Waals surface area (Å²) in [4.78, 5) is 11.1. The van der Waals surface area contributed by atoms with Gasteiger partial charge in [-0.05, 0) is 83.3 Å². The number of Topliss-reactive ketones (excluding diaryl/α,β-unsaturated/α-hetero) is 1. The van der Waals surface area contributed by atoms with Crippen molar-refractivity contribution in [3.05, 3.63) is 87.5 Å². The van der Waals surface area contributed by atoms with Crippen LogP contribution in [0, 0.1) is 3.57 Å². The van der Waals surface area contributed by atoms with Crippen molar-refractivity contribution in [2.24, 2.45) is 0 Å². The summed E-state index contributed by atoms with van der Waals surface area (Å²) in [5, 5.41) is 19.4. The number of hydrogen-bond acceptors (Lipinski definition) is 4. The summed E-state index contributed by atoms with van der Waals surface area (Å²) >= 11 is 2.29. The maximum absolute atomic E-state index is 11.1. The highest BCUT2D eigenvalue weighted by Crippen LogP contribution is 2.17. The van der Waals surface area contributed by atoms with Gasteiger partial charge in [0.15, 0.2) is 5.78 Å². The van der Waals surface area contributed by atoms with Gasteiger partial charge in [0.1, 0.15) is 24.6 Å². The molecule has 2 N–H and O–H groups in total. The smallest absolute Gasteiger partial charge is 0.161 e. The lowest BCUT2D eigenvalue weighted by Gasteiger charge is -2.15. The van der Waals surface area contributed by atoms with E-state index in [0.717, 1.165) is 24.2 Å². The van der Waals surface area contributed by atoms with Gasteiger partial charge in [-0.15, -0.1) is 0 Å². The van der Waals surface area contributed by atoms with E-state index in [1.54, 1.807) is 6.08 Å². The molecule has 0 heterocycles. The molecule has 0 amide bonds. The predicted octanol–water partition coefficient (Wildman–Crippen LogP) is 4.23. The zero-order chi connectivity index (χ0) is 20.5. The second-order valence-corrected chi connectivity index (χ2v) is 7.82. The first-order valence-corrected chi connectivity index (χ1v) is 10.1. The molecule has 0 aliphatic carbocycles. The van der Waals surface area contributed by atoms with E-state index in [2.05, 4.69) is 41.3 Å². The molecule has 0 saturated heterocycles. The highest BCUT2D eigenvalue weighted by molar-refractivity contribution is 14.1. The van der Waals surface area contributed by atoms with Gasteiger partial charge in [-0.2, -0.15) is 0 Å². The number of carbonyl (C=O) groups is 1. The minimum atomic E-state index is -1.43. The molecule has 2 atom stereocenters. The minimum Gasteiger partial charge on any atom is -0.489 e. The van der Waals surface area contributed by atoms with Crippen LogP contribution >= 0.6 is 22.6 Å². The molecule has 0 saturated carbocycles. The van der Waals surface area contributed by atoms with Gasteiger partial charge < -0.3 is 14.9 Å². The van der Waals surface area contributed by atoms with Crippen molar-refractivity contribution < 1.29 is 19.7 Å². The van der Waals surface area contributed by atoms with E-state index < -0.39 is 18.0 Å². The van der Waals surface area contributed by atoms with E-state index in [1.807, 2.05) is 42.5 Å². The van der Waals surface area contributed by atoms with Crippen molar-refractivity contribution in [2.75, 3.05) is 0 Å². The fraction of sp³-hybridized carbons (Fsp3) is 0.261. The van der Waals surface area contributed by atoms with Gasteiger partial charge in [-0.25, -0.2) is 0 Å². The Morgan fingerprint density at radius 1 is 1.14 bits per heavy atom. The van der Waals surface area contributed by atoms with Gasteiger partial charge in [0.25, 0.3) is 0 Å². The van der Waals surface area contributed by atoms with Crippen LogP contribution in [0.15, 0.2) is 72.8 Å². The largest absolute Gasteiger partial charge is 0.489 e. The van der Waals surface area contributed by atoms with E-state index in [0.29, 0.717) is 12.2 Å². The molecule has 5 heteroatoms. The van der Waals surface area contributed by atoms with Crippen LogP contribution in [-0.2, 0) is 17.8 Å². The van der Waals surface area contributed by atoms with Crippen molar-refractivity contribution in [1.82, 2.24) is 0 Å². The van der Waals surface area contributed by atoms with Gasteiger partial charge in [-0.3, -0.25) is 4.79 Å². The van der Waals surface area contributed by atoms with Crippen LogP contribution in [0.1, 0.15) is 24.5 Å². The van der Waals surface area contributed by atoms with Gasteiger partial charge in [0.05, 0.1) is 0 Å². The number of ketones is 1. The Hall–Kier alpha value is -1.96. The fourth-order valence-corrected chi connectivity index (χ4v) is 3.16. The molecule has 0 spiro atoms. The monoisotopic (exact) mass is 492 g/mol. The van der Waals surface area contributed by atoms with Gasteiger partial charge in [0, 0.05) is 3.57 Å². The third-order valence-electron chi connectivity index (χ3n) is 4.24. The maximum Gasteiger partial charge on any atom is 0.161 e. The number of carbonyl (C=O) groups excluding carboxylic acids is 1. The number of aryl methyl sites for hydroxylation is 1. The Bertz CT molecular complexity index is 827. The normalized spacial score (nSPS) is 13.3. The van der Waals surface area contributed by atoms with Crippen molar-refractivity contribution in [2.45, 2.75) is 38.6 Å². The number of aliphatic hydroxyl groups excluding tert-OH is 2. The van der Waals surface area contributed by atoms with Crippen LogP contribution in [0.25, 0.3) is 0 Å². The Labute approximate surface area is 179 Å². The van der Waals surface area contributed by atoms with Gasteiger partial charge >= 0.3 is 0 Å².